The van der Waals surface area contributed by atoms with Crippen LogP contribution in [0.1, 0.15) is 5.56 Å². The van der Waals surface area contributed by atoms with Gasteiger partial charge in [0.15, 0.2) is 5.84 Å². The summed E-state index contributed by atoms with van der Waals surface area (Å²) < 4.78 is 30.0. The van der Waals surface area contributed by atoms with E-state index >= 15 is 0 Å². The molecule has 0 saturated carbocycles. The van der Waals surface area contributed by atoms with Crippen molar-refractivity contribution < 1.29 is 8.42 Å². The van der Waals surface area contributed by atoms with Crippen LogP contribution in [0.3, 0.4) is 0 Å². The topological polar surface area (TPSA) is 95.0 Å². The zero-order chi connectivity index (χ0) is 25.2. The molecule has 0 bridgehead atoms. The van der Waals surface area contributed by atoms with Crippen molar-refractivity contribution in [2.45, 2.75) is 4.90 Å². The van der Waals surface area contributed by atoms with Crippen LogP contribution in [0.4, 0.5) is 11.4 Å². The molecule has 0 unspecified atom stereocenters. The highest BCUT2D eigenvalue weighted by Gasteiger charge is 2.16. The molecule has 0 aliphatic rings. The molecule has 0 fully saturated rings. The summed E-state index contributed by atoms with van der Waals surface area (Å²) in [7, 11) is -3.99. The van der Waals surface area contributed by atoms with Crippen LogP contribution in [0.25, 0.3) is 0 Å². The zero-order valence-corrected chi connectivity index (χ0v) is 20.7. The third kappa shape index (κ3) is 7.08. The molecule has 0 aliphatic heterocycles. The highest BCUT2D eigenvalue weighted by Crippen LogP contribution is 2.14. The molecule has 3 N–H and O–H groups in total. The van der Waals surface area contributed by atoms with Crippen molar-refractivity contribution in [3.05, 3.63) is 127 Å². The fourth-order valence-electron chi connectivity index (χ4n) is 3.14. The minimum absolute atomic E-state index is 0.0164. The van der Waals surface area contributed by atoms with Gasteiger partial charge in [0.1, 0.15) is 0 Å². The van der Waals surface area contributed by atoms with Crippen LogP contribution in [-0.4, -0.2) is 25.3 Å². The standard InChI is InChI=1S/C27H23N5O2S2/c33-36(34,24-19-11-4-12-20-24)32-25(21-13-5-1-6-14-21)30-27(35)31-26(28-22-15-7-2-8-16-22)29-23-17-9-3-10-18-23/h1-20H,(H3,28,29,30,31,32,35). The summed E-state index contributed by atoms with van der Waals surface area (Å²) in [6.45, 7) is 0. The van der Waals surface area contributed by atoms with E-state index < -0.39 is 10.0 Å². The number of sulfonamides is 1. The van der Waals surface area contributed by atoms with E-state index in [1.807, 2.05) is 66.7 Å². The van der Waals surface area contributed by atoms with Gasteiger partial charge in [-0.25, -0.2) is 0 Å². The molecule has 4 rings (SSSR count). The number of amidine groups is 1. The zero-order valence-electron chi connectivity index (χ0n) is 19.1. The molecule has 0 aromatic heterocycles. The Balaban J connectivity index is 1.65. The number of nitrogens with one attached hydrogen (secondary N) is 3. The maximum absolute atomic E-state index is 13.0. The summed E-state index contributed by atoms with van der Waals surface area (Å²) in [4.78, 5) is 4.55. The Morgan fingerprint density at radius 2 is 1.08 bits per heavy atom. The lowest BCUT2D eigenvalue weighted by Gasteiger charge is -2.14. The first-order valence-corrected chi connectivity index (χ1v) is 12.8. The molecule has 0 aliphatic carbocycles. The second-order valence-electron chi connectivity index (χ2n) is 7.47. The molecular formula is C27H23N5O2S2. The van der Waals surface area contributed by atoms with Gasteiger partial charge in [-0.3, -0.25) is 0 Å². The molecule has 9 heteroatoms. The van der Waals surface area contributed by atoms with Gasteiger partial charge in [0.05, 0.1) is 4.90 Å². The number of rotatable bonds is 5. The highest BCUT2D eigenvalue weighted by molar-refractivity contribution is 7.90. The first kappa shape index (κ1) is 24.8. The molecule has 180 valence electrons. The summed E-state index contributed by atoms with van der Waals surface area (Å²) in [6, 6.07) is 35.9. The van der Waals surface area contributed by atoms with Crippen LogP contribution in [0.15, 0.2) is 136 Å². The van der Waals surface area contributed by atoms with Crippen LogP contribution in [0, 0.1) is 0 Å². The number of thiocarbonyl (C=S) groups is 1. The van der Waals surface area contributed by atoms with Crippen molar-refractivity contribution in [3.8, 4) is 0 Å². The summed E-state index contributed by atoms with van der Waals surface area (Å²) in [5, 5.41) is 9.31. The normalized spacial score (nSPS) is 11.3. The third-order valence-electron chi connectivity index (χ3n) is 4.81. The average molecular weight is 514 g/mol. The van der Waals surface area contributed by atoms with Crippen molar-refractivity contribution in [2.75, 3.05) is 10.6 Å². The maximum atomic E-state index is 13.0. The number of nitrogens with zero attached hydrogens (tertiary/aromatic N) is 2. The van der Waals surface area contributed by atoms with Gasteiger partial charge in [0.25, 0.3) is 10.0 Å². The van der Waals surface area contributed by atoms with E-state index in [-0.39, 0.29) is 15.8 Å². The lowest BCUT2D eigenvalue weighted by molar-refractivity contribution is 0.598. The van der Waals surface area contributed by atoms with E-state index in [9.17, 15) is 8.42 Å². The Bertz CT molecular complexity index is 1420. The summed E-state index contributed by atoms with van der Waals surface area (Å²) >= 11 is 5.49. The van der Waals surface area contributed by atoms with E-state index in [1.165, 1.54) is 12.1 Å². The first-order chi connectivity index (χ1) is 17.5. The predicted octanol–water partition coefficient (Wildman–Crippen LogP) is 5.28. The van der Waals surface area contributed by atoms with Crippen LogP contribution in [0.5, 0.6) is 0 Å². The van der Waals surface area contributed by atoms with Gasteiger partial charge in [0, 0.05) is 16.9 Å². The van der Waals surface area contributed by atoms with Crippen LogP contribution < -0.4 is 16.0 Å². The van der Waals surface area contributed by atoms with Gasteiger partial charge >= 0.3 is 0 Å². The minimum Gasteiger partial charge on any atom is -0.326 e. The molecular weight excluding hydrogens is 490 g/mol. The van der Waals surface area contributed by atoms with Gasteiger partial charge in [-0.2, -0.15) is 13.4 Å². The van der Waals surface area contributed by atoms with Crippen molar-refractivity contribution in [1.29, 1.82) is 0 Å². The molecule has 0 saturated heterocycles. The molecule has 4 aromatic carbocycles. The Labute approximate surface area is 215 Å². The van der Waals surface area contributed by atoms with Crippen LogP contribution in [0.2, 0.25) is 0 Å². The smallest absolute Gasteiger partial charge is 0.284 e. The monoisotopic (exact) mass is 513 g/mol. The number of hydrogen-bond donors (Lipinski definition) is 3. The number of anilines is 2. The van der Waals surface area contributed by atoms with E-state index in [2.05, 4.69) is 25.3 Å². The molecule has 0 spiro atoms. The number of benzene rings is 4. The number of aliphatic imine (C=N–C) groups is 1. The molecule has 0 atom stereocenters. The molecule has 36 heavy (non-hydrogen) atoms. The largest absolute Gasteiger partial charge is 0.326 e. The lowest BCUT2D eigenvalue weighted by atomic mass is 10.2. The number of guanidine groups is 1. The quantitative estimate of drug-likeness (QED) is 0.191. The summed E-state index contributed by atoms with van der Waals surface area (Å²) in [5.41, 5.74) is 2.14. The van der Waals surface area contributed by atoms with Crippen LogP contribution in [-0.2, 0) is 10.0 Å². The average Bonchev–Trinajstić information content (AvgIpc) is 2.90. The minimum atomic E-state index is -3.99. The van der Waals surface area contributed by atoms with Gasteiger partial charge in [-0.15, -0.1) is 4.40 Å². The lowest BCUT2D eigenvalue weighted by Crippen LogP contribution is -2.32. The second-order valence-corrected chi connectivity index (χ2v) is 9.46. The van der Waals surface area contributed by atoms with E-state index in [0.29, 0.717) is 11.5 Å². The number of para-hydroxylation sites is 2. The van der Waals surface area contributed by atoms with Crippen molar-refractivity contribution in [3.63, 3.8) is 0 Å². The Morgan fingerprint density at radius 1 is 0.639 bits per heavy atom. The Morgan fingerprint density at radius 3 is 1.58 bits per heavy atom. The number of hydrogen-bond acceptors (Lipinski definition) is 3. The molecule has 0 amide bonds. The van der Waals surface area contributed by atoms with Crippen LogP contribution >= 0.6 is 12.2 Å². The Kier molecular flexibility index (Phi) is 8.17. The molecule has 7 nitrogen and oxygen atoms in total. The first-order valence-electron chi connectivity index (χ1n) is 11.0. The van der Waals surface area contributed by atoms with E-state index in [1.54, 1.807) is 42.5 Å². The molecule has 0 radical (unpaired) electrons. The van der Waals surface area contributed by atoms with Crippen molar-refractivity contribution in [2.24, 2.45) is 9.39 Å². The van der Waals surface area contributed by atoms with Gasteiger partial charge < -0.3 is 16.0 Å². The Hall–Kier alpha value is -4.34. The van der Waals surface area contributed by atoms with Crippen molar-refractivity contribution >= 4 is 50.5 Å². The van der Waals surface area contributed by atoms with Gasteiger partial charge in [-0.05, 0) is 48.6 Å². The fraction of sp³-hybridized carbons (Fsp3) is 0. The molecule has 0 heterocycles. The SMILES string of the molecule is O=S(=O)(/N=C(/NC(=S)N=C(Nc1ccccc1)Nc1ccccc1)c1ccccc1)c1ccccc1. The van der Waals surface area contributed by atoms with E-state index in [0.717, 1.165) is 11.4 Å². The third-order valence-corrected chi connectivity index (χ3v) is 6.30. The fourth-order valence-corrected chi connectivity index (χ4v) is 4.33. The predicted molar refractivity (Wildman–Crippen MR) is 150 cm³/mol. The summed E-state index contributed by atoms with van der Waals surface area (Å²) in [6.07, 6.45) is 0. The molecule has 4 aromatic rings. The summed E-state index contributed by atoms with van der Waals surface area (Å²) in [5.74, 6) is 0.412. The van der Waals surface area contributed by atoms with Gasteiger partial charge in [-0.1, -0.05) is 84.9 Å². The second kappa shape index (κ2) is 11.9. The van der Waals surface area contributed by atoms with E-state index in [4.69, 9.17) is 12.2 Å². The van der Waals surface area contributed by atoms with Gasteiger partial charge in [0.2, 0.25) is 11.1 Å². The highest BCUT2D eigenvalue weighted by atomic mass is 32.2. The maximum Gasteiger partial charge on any atom is 0.284 e. The van der Waals surface area contributed by atoms with Crippen molar-refractivity contribution in [1.82, 2.24) is 5.32 Å².